The summed E-state index contributed by atoms with van der Waals surface area (Å²) < 4.78 is 1.65. The van der Waals surface area contributed by atoms with Crippen LogP contribution in [0.4, 0.5) is 5.69 Å². The van der Waals surface area contributed by atoms with Crippen molar-refractivity contribution in [2.24, 2.45) is 7.05 Å². The molecule has 4 nitrogen and oxygen atoms in total. The fraction of sp³-hybridized carbons (Fsp3) is 0.333. The molecular weight excluding hydrogens is 130 g/mol. The number of hydrogen-bond donors (Lipinski definition) is 0. The average Bonchev–Trinajstić information content (AvgIpc) is 2.34. The maximum absolute atomic E-state index is 10.2. The summed E-state index contributed by atoms with van der Waals surface area (Å²) in [6.07, 6.45) is 4.15. The highest BCUT2D eigenvalue weighted by atomic mass is 16.1. The van der Waals surface area contributed by atoms with Gasteiger partial charge < -0.3 is 4.90 Å². The van der Waals surface area contributed by atoms with Gasteiger partial charge in [0.25, 0.3) is 0 Å². The van der Waals surface area contributed by atoms with Gasteiger partial charge in [0.1, 0.15) is 0 Å². The van der Waals surface area contributed by atoms with Crippen molar-refractivity contribution in [3.8, 4) is 0 Å². The number of carbonyl (C=O) groups excluding carboxylic acids is 1. The number of aromatic nitrogens is 2. The van der Waals surface area contributed by atoms with Crippen LogP contribution >= 0.6 is 0 Å². The molecular formula is C6H9N3O. The van der Waals surface area contributed by atoms with E-state index in [1.807, 2.05) is 7.05 Å². The van der Waals surface area contributed by atoms with Gasteiger partial charge in [0, 0.05) is 20.3 Å². The monoisotopic (exact) mass is 139 g/mol. The van der Waals surface area contributed by atoms with Gasteiger partial charge in [-0.3, -0.25) is 9.48 Å². The van der Waals surface area contributed by atoms with E-state index >= 15 is 0 Å². The highest BCUT2D eigenvalue weighted by Gasteiger charge is 1.98. The summed E-state index contributed by atoms with van der Waals surface area (Å²) in [7, 11) is 3.49. The Morgan fingerprint density at radius 2 is 2.50 bits per heavy atom. The van der Waals surface area contributed by atoms with Gasteiger partial charge in [0.15, 0.2) is 0 Å². The number of amides is 1. The van der Waals surface area contributed by atoms with Crippen LogP contribution in [0.1, 0.15) is 0 Å². The van der Waals surface area contributed by atoms with Gasteiger partial charge in [-0.1, -0.05) is 0 Å². The molecule has 0 aliphatic carbocycles. The fourth-order valence-electron chi connectivity index (χ4n) is 0.651. The third kappa shape index (κ3) is 1.15. The minimum Gasteiger partial charge on any atom is -0.315 e. The quantitative estimate of drug-likeness (QED) is 0.541. The number of carbonyl (C=O) groups is 1. The molecule has 0 aliphatic heterocycles. The summed E-state index contributed by atoms with van der Waals surface area (Å²) in [5.41, 5.74) is 0.803. The molecule has 0 radical (unpaired) electrons. The summed E-state index contributed by atoms with van der Waals surface area (Å²) in [5.74, 6) is 0. The molecule has 0 bridgehead atoms. The van der Waals surface area contributed by atoms with Crippen LogP contribution in [-0.2, 0) is 11.8 Å². The van der Waals surface area contributed by atoms with E-state index in [1.54, 1.807) is 24.1 Å². The van der Waals surface area contributed by atoms with Crippen LogP contribution in [0.5, 0.6) is 0 Å². The van der Waals surface area contributed by atoms with Gasteiger partial charge in [-0.15, -0.1) is 0 Å². The molecule has 1 heterocycles. The zero-order valence-electron chi connectivity index (χ0n) is 5.98. The number of hydrogen-bond acceptors (Lipinski definition) is 2. The van der Waals surface area contributed by atoms with E-state index in [1.165, 1.54) is 4.90 Å². The van der Waals surface area contributed by atoms with Crippen molar-refractivity contribution in [1.29, 1.82) is 0 Å². The average molecular weight is 139 g/mol. The summed E-state index contributed by atoms with van der Waals surface area (Å²) in [6, 6.07) is 0. The minimum absolute atomic E-state index is 0.747. The zero-order chi connectivity index (χ0) is 7.56. The predicted octanol–water partition coefficient (Wildman–Crippen LogP) is 0.0127. The van der Waals surface area contributed by atoms with E-state index in [9.17, 15) is 4.79 Å². The molecule has 1 aromatic rings. The molecule has 0 atom stereocenters. The first kappa shape index (κ1) is 6.80. The molecule has 0 N–H and O–H groups in total. The Morgan fingerprint density at radius 3 is 2.90 bits per heavy atom. The van der Waals surface area contributed by atoms with Crippen molar-refractivity contribution in [2.75, 3.05) is 11.9 Å². The lowest BCUT2D eigenvalue weighted by molar-refractivity contribution is -0.107. The molecule has 1 aromatic heterocycles. The normalized spacial score (nSPS) is 9.40. The highest BCUT2D eigenvalue weighted by Crippen LogP contribution is 2.06. The summed E-state index contributed by atoms with van der Waals surface area (Å²) in [4.78, 5) is 11.7. The predicted molar refractivity (Wildman–Crippen MR) is 37.7 cm³/mol. The number of nitrogens with zero attached hydrogens (tertiary/aromatic N) is 3. The Hall–Kier alpha value is -1.32. The van der Waals surface area contributed by atoms with Gasteiger partial charge in [0.05, 0.1) is 11.9 Å². The molecule has 1 amide bonds. The van der Waals surface area contributed by atoms with Crippen LogP contribution in [-0.4, -0.2) is 23.2 Å². The fourth-order valence-corrected chi connectivity index (χ4v) is 0.651. The Balaban J connectivity index is 2.84. The van der Waals surface area contributed by atoms with E-state index in [0.29, 0.717) is 0 Å². The highest BCUT2D eigenvalue weighted by molar-refractivity contribution is 5.73. The molecule has 10 heavy (non-hydrogen) atoms. The minimum atomic E-state index is 0.747. The number of anilines is 1. The van der Waals surface area contributed by atoms with E-state index in [0.717, 1.165) is 12.1 Å². The Labute approximate surface area is 59.1 Å². The van der Waals surface area contributed by atoms with Crippen molar-refractivity contribution >= 4 is 12.1 Å². The number of rotatable bonds is 2. The Bertz CT molecular complexity index is 231. The van der Waals surface area contributed by atoms with Crippen molar-refractivity contribution in [1.82, 2.24) is 9.78 Å². The van der Waals surface area contributed by atoms with Crippen molar-refractivity contribution < 1.29 is 4.79 Å². The maximum Gasteiger partial charge on any atom is 0.213 e. The van der Waals surface area contributed by atoms with Gasteiger partial charge in [-0.25, -0.2) is 0 Å². The van der Waals surface area contributed by atoms with E-state index in [4.69, 9.17) is 0 Å². The van der Waals surface area contributed by atoms with E-state index < -0.39 is 0 Å². The molecule has 0 spiro atoms. The molecule has 1 rings (SSSR count). The summed E-state index contributed by atoms with van der Waals surface area (Å²) in [5, 5.41) is 3.90. The van der Waals surface area contributed by atoms with E-state index in [2.05, 4.69) is 5.10 Å². The van der Waals surface area contributed by atoms with E-state index in [-0.39, 0.29) is 0 Å². The van der Waals surface area contributed by atoms with Gasteiger partial charge in [0.2, 0.25) is 6.41 Å². The lowest BCUT2D eigenvalue weighted by Gasteiger charge is -2.04. The van der Waals surface area contributed by atoms with Gasteiger partial charge in [-0.05, 0) is 0 Å². The topological polar surface area (TPSA) is 38.1 Å². The molecule has 54 valence electrons. The smallest absolute Gasteiger partial charge is 0.213 e. The molecule has 0 saturated heterocycles. The second kappa shape index (κ2) is 2.51. The van der Waals surface area contributed by atoms with Crippen molar-refractivity contribution in [2.45, 2.75) is 0 Å². The van der Waals surface area contributed by atoms with Crippen LogP contribution < -0.4 is 4.90 Å². The summed E-state index contributed by atoms with van der Waals surface area (Å²) >= 11 is 0. The SMILES string of the molecule is CN(C=O)c1cnn(C)c1. The first-order valence-corrected chi connectivity index (χ1v) is 2.91. The number of aryl methyl sites for hydroxylation is 1. The molecule has 0 fully saturated rings. The maximum atomic E-state index is 10.2. The Morgan fingerprint density at radius 1 is 1.80 bits per heavy atom. The standard InChI is InChI=1S/C6H9N3O/c1-8(5-10)6-3-7-9(2)4-6/h3-5H,1-2H3. The third-order valence-electron chi connectivity index (χ3n) is 1.26. The van der Waals surface area contributed by atoms with Crippen LogP contribution in [0.2, 0.25) is 0 Å². The molecule has 0 saturated carbocycles. The van der Waals surface area contributed by atoms with Crippen LogP contribution in [0.3, 0.4) is 0 Å². The largest absolute Gasteiger partial charge is 0.315 e. The molecule has 4 heteroatoms. The van der Waals surface area contributed by atoms with Crippen LogP contribution in [0.25, 0.3) is 0 Å². The molecule has 0 unspecified atom stereocenters. The second-order valence-corrected chi connectivity index (χ2v) is 2.09. The zero-order valence-corrected chi connectivity index (χ0v) is 5.98. The lowest BCUT2D eigenvalue weighted by atomic mass is 10.5. The van der Waals surface area contributed by atoms with Crippen LogP contribution in [0.15, 0.2) is 12.4 Å². The lowest BCUT2D eigenvalue weighted by Crippen LogP contribution is -2.12. The van der Waals surface area contributed by atoms with Gasteiger partial charge >= 0.3 is 0 Å². The first-order chi connectivity index (χ1) is 4.74. The van der Waals surface area contributed by atoms with Gasteiger partial charge in [-0.2, -0.15) is 5.10 Å². The first-order valence-electron chi connectivity index (χ1n) is 2.91. The molecule has 0 aliphatic rings. The molecule has 0 aromatic carbocycles. The van der Waals surface area contributed by atoms with Crippen LogP contribution in [0, 0.1) is 0 Å². The Kier molecular flexibility index (Phi) is 1.71. The second-order valence-electron chi connectivity index (χ2n) is 2.09. The van der Waals surface area contributed by atoms with Crippen molar-refractivity contribution in [3.05, 3.63) is 12.4 Å². The van der Waals surface area contributed by atoms with Crippen molar-refractivity contribution in [3.63, 3.8) is 0 Å². The third-order valence-corrected chi connectivity index (χ3v) is 1.26. The summed E-state index contributed by atoms with van der Waals surface area (Å²) in [6.45, 7) is 0.